The van der Waals surface area contributed by atoms with Crippen LogP contribution in [0.5, 0.6) is 0 Å². The summed E-state index contributed by atoms with van der Waals surface area (Å²) in [7, 11) is 0. The Morgan fingerprint density at radius 3 is 2.94 bits per heavy atom. The predicted octanol–water partition coefficient (Wildman–Crippen LogP) is 2.31. The van der Waals surface area contributed by atoms with Gasteiger partial charge in [0.2, 0.25) is 0 Å². The van der Waals surface area contributed by atoms with Crippen molar-refractivity contribution in [3.63, 3.8) is 0 Å². The molecule has 0 spiro atoms. The fourth-order valence-electron chi connectivity index (χ4n) is 2.32. The van der Waals surface area contributed by atoms with Gasteiger partial charge in [-0.3, -0.25) is 9.59 Å². The molecule has 4 nitrogen and oxygen atoms in total. The number of halogens is 1. The van der Waals surface area contributed by atoms with Gasteiger partial charge in [0, 0.05) is 18.2 Å². The number of hydrogen-bond acceptors (Lipinski definition) is 3. The molecule has 1 atom stereocenters. The number of hydrogen-bond donors (Lipinski definition) is 0. The lowest BCUT2D eigenvalue weighted by Crippen LogP contribution is -2.08. The maximum atomic E-state index is 11.4. The summed E-state index contributed by atoms with van der Waals surface area (Å²) in [6, 6.07) is 3.58. The Hall–Kier alpha value is -1.29. The van der Waals surface area contributed by atoms with Crippen molar-refractivity contribution in [1.82, 2.24) is 4.57 Å². The van der Waals surface area contributed by atoms with Crippen LogP contribution in [0.15, 0.2) is 12.1 Å². The first-order chi connectivity index (χ1) is 8.13. The molecule has 2 heterocycles. The molecule has 0 saturated heterocycles. The molecule has 5 heteroatoms. The average Bonchev–Trinajstić information content (AvgIpc) is 2.81. The van der Waals surface area contributed by atoms with Crippen LogP contribution in [0.25, 0.3) is 0 Å². The van der Waals surface area contributed by atoms with Crippen LogP contribution in [0.3, 0.4) is 0 Å². The summed E-state index contributed by atoms with van der Waals surface area (Å²) >= 11 is 5.48. The first-order valence-corrected chi connectivity index (χ1v) is 6.06. The molecule has 1 unspecified atom stereocenters. The fourth-order valence-corrected chi connectivity index (χ4v) is 2.49. The van der Waals surface area contributed by atoms with Gasteiger partial charge in [0.15, 0.2) is 0 Å². The van der Waals surface area contributed by atoms with E-state index in [9.17, 15) is 9.59 Å². The lowest BCUT2D eigenvalue weighted by atomic mass is 10.0. The molecule has 1 aromatic heterocycles. The Balaban J connectivity index is 2.12. The summed E-state index contributed by atoms with van der Waals surface area (Å²) in [6.07, 6.45) is 1.22. The maximum Gasteiger partial charge on any atom is 0.306 e. The van der Waals surface area contributed by atoms with Gasteiger partial charge in [-0.25, -0.2) is 0 Å². The number of ether oxygens (including phenoxy) is 1. The zero-order chi connectivity index (χ0) is 12.4. The van der Waals surface area contributed by atoms with E-state index in [-0.39, 0.29) is 11.9 Å². The second kappa shape index (κ2) is 4.92. The van der Waals surface area contributed by atoms with E-state index in [1.807, 2.05) is 10.6 Å². The molecule has 0 aromatic carbocycles. The Morgan fingerprint density at radius 2 is 2.29 bits per heavy atom. The number of aromatic nitrogens is 1. The third kappa shape index (κ3) is 2.36. The van der Waals surface area contributed by atoms with Gasteiger partial charge < -0.3 is 9.30 Å². The molecule has 1 aliphatic rings. The molecule has 1 aromatic rings. The number of rotatable bonds is 4. The molecule has 1 aliphatic heterocycles. The monoisotopic (exact) mass is 255 g/mol. The Kier molecular flexibility index (Phi) is 3.52. The largest absolute Gasteiger partial charge is 0.466 e. The number of esters is 1. The van der Waals surface area contributed by atoms with E-state index in [1.54, 1.807) is 13.0 Å². The number of carbonyl (C=O) groups is 2. The third-order valence-corrected chi connectivity index (χ3v) is 3.25. The summed E-state index contributed by atoms with van der Waals surface area (Å²) in [4.78, 5) is 22.6. The van der Waals surface area contributed by atoms with Crippen LogP contribution in [-0.4, -0.2) is 22.4 Å². The van der Waals surface area contributed by atoms with Crippen molar-refractivity contribution < 1.29 is 14.3 Å². The molecule has 92 valence electrons. The first kappa shape index (κ1) is 12.2. The highest BCUT2D eigenvalue weighted by atomic mass is 35.5. The van der Waals surface area contributed by atoms with E-state index in [0.29, 0.717) is 18.7 Å². The van der Waals surface area contributed by atoms with Gasteiger partial charge in [-0.15, -0.1) is 0 Å². The van der Waals surface area contributed by atoms with Crippen molar-refractivity contribution in [2.24, 2.45) is 0 Å². The molecular formula is C12H14ClNO3. The van der Waals surface area contributed by atoms with E-state index in [0.717, 1.165) is 18.7 Å². The smallest absolute Gasteiger partial charge is 0.306 e. The fraction of sp³-hybridized carbons (Fsp3) is 0.500. The molecule has 0 radical (unpaired) electrons. The van der Waals surface area contributed by atoms with Crippen molar-refractivity contribution >= 4 is 22.8 Å². The number of fused-ring (bicyclic) bond motifs is 1. The van der Waals surface area contributed by atoms with Crippen LogP contribution in [0.1, 0.15) is 41.9 Å². The first-order valence-electron chi connectivity index (χ1n) is 5.68. The van der Waals surface area contributed by atoms with E-state index < -0.39 is 5.24 Å². The van der Waals surface area contributed by atoms with Crippen LogP contribution >= 0.6 is 11.6 Å². The van der Waals surface area contributed by atoms with E-state index in [2.05, 4.69) is 0 Å². The molecule has 0 N–H and O–H groups in total. The second-order valence-corrected chi connectivity index (χ2v) is 4.41. The molecule has 0 saturated carbocycles. The molecule has 2 rings (SSSR count). The molecule has 0 fully saturated rings. The van der Waals surface area contributed by atoms with Crippen molar-refractivity contribution in [3.05, 3.63) is 23.5 Å². The Morgan fingerprint density at radius 1 is 1.53 bits per heavy atom. The standard InChI is InChI=1S/C12H14ClNO3/c1-2-17-11(15)7-8-5-6-14-9(8)3-4-10(14)12(13)16/h3-4,8H,2,5-7H2,1H3. The van der Waals surface area contributed by atoms with E-state index in [1.165, 1.54) is 0 Å². The van der Waals surface area contributed by atoms with Gasteiger partial charge in [0.25, 0.3) is 5.24 Å². The van der Waals surface area contributed by atoms with Gasteiger partial charge in [-0.1, -0.05) is 0 Å². The summed E-state index contributed by atoms with van der Waals surface area (Å²) in [5, 5.41) is -0.451. The minimum Gasteiger partial charge on any atom is -0.466 e. The highest BCUT2D eigenvalue weighted by molar-refractivity contribution is 6.67. The highest BCUT2D eigenvalue weighted by Gasteiger charge is 2.28. The Labute approximate surface area is 105 Å². The lowest BCUT2D eigenvalue weighted by molar-refractivity contribution is -0.143. The van der Waals surface area contributed by atoms with Gasteiger partial charge >= 0.3 is 5.97 Å². The van der Waals surface area contributed by atoms with Gasteiger partial charge in [0.1, 0.15) is 5.69 Å². The van der Waals surface area contributed by atoms with Gasteiger partial charge in [0.05, 0.1) is 13.0 Å². The minimum absolute atomic E-state index is 0.138. The van der Waals surface area contributed by atoms with Crippen LogP contribution in [0.4, 0.5) is 0 Å². The molecule has 0 aliphatic carbocycles. The molecular weight excluding hydrogens is 242 g/mol. The quantitative estimate of drug-likeness (QED) is 0.613. The number of nitrogens with zero attached hydrogens (tertiary/aromatic N) is 1. The summed E-state index contributed by atoms with van der Waals surface area (Å²) in [6.45, 7) is 2.93. The maximum absolute atomic E-state index is 11.4. The van der Waals surface area contributed by atoms with Crippen LogP contribution < -0.4 is 0 Å². The average molecular weight is 256 g/mol. The van der Waals surface area contributed by atoms with Gasteiger partial charge in [-0.2, -0.15) is 0 Å². The molecule has 0 amide bonds. The summed E-state index contributed by atoms with van der Waals surface area (Å²) in [5.74, 6) is -0.0512. The van der Waals surface area contributed by atoms with Crippen LogP contribution in [0, 0.1) is 0 Å². The normalized spacial score (nSPS) is 17.9. The van der Waals surface area contributed by atoms with Gasteiger partial charge in [-0.05, 0) is 37.1 Å². The van der Waals surface area contributed by atoms with Crippen molar-refractivity contribution in [3.8, 4) is 0 Å². The topological polar surface area (TPSA) is 48.3 Å². The van der Waals surface area contributed by atoms with Crippen molar-refractivity contribution in [2.45, 2.75) is 32.2 Å². The van der Waals surface area contributed by atoms with E-state index in [4.69, 9.17) is 16.3 Å². The lowest BCUT2D eigenvalue weighted by Gasteiger charge is -2.08. The minimum atomic E-state index is -0.451. The predicted molar refractivity (Wildman–Crippen MR) is 63.2 cm³/mol. The Bertz CT molecular complexity index is 453. The third-order valence-electron chi connectivity index (χ3n) is 3.05. The summed E-state index contributed by atoms with van der Waals surface area (Å²) in [5.41, 5.74) is 1.51. The van der Waals surface area contributed by atoms with E-state index >= 15 is 0 Å². The van der Waals surface area contributed by atoms with Crippen molar-refractivity contribution in [1.29, 1.82) is 0 Å². The molecule has 0 bridgehead atoms. The molecule has 17 heavy (non-hydrogen) atoms. The zero-order valence-electron chi connectivity index (χ0n) is 9.61. The highest BCUT2D eigenvalue weighted by Crippen LogP contribution is 2.33. The second-order valence-electron chi connectivity index (χ2n) is 4.06. The summed E-state index contributed by atoms with van der Waals surface area (Å²) < 4.78 is 6.82. The van der Waals surface area contributed by atoms with Crippen LogP contribution in [0.2, 0.25) is 0 Å². The SMILES string of the molecule is CCOC(=O)CC1CCn2c(C(=O)Cl)ccc21. The van der Waals surface area contributed by atoms with Crippen LogP contribution in [-0.2, 0) is 16.1 Å². The number of carbonyl (C=O) groups excluding carboxylic acids is 2. The van der Waals surface area contributed by atoms with Crippen molar-refractivity contribution in [2.75, 3.05) is 6.61 Å². The zero-order valence-corrected chi connectivity index (χ0v) is 10.4.